The number of Topliss-reactive ketones (excluding diaryl/α,β-unsaturated/α-hetero) is 1. The van der Waals surface area contributed by atoms with Crippen LogP contribution in [0.2, 0.25) is 0 Å². The number of hydrogen-bond acceptors (Lipinski definition) is 6. The van der Waals surface area contributed by atoms with Gasteiger partial charge in [-0.2, -0.15) is 0 Å². The predicted molar refractivity (Wildman–Crippen MR) is 90.2 cm³/mol. The lowest BCUT2D eigenvalue weighted by molar-refractivity contribution is -0.384. The van der Waals surface area contributed by atoms with E-state index in [4.69, 9.17) is 0 Å². The first-order valence-electron chi connectivity index (χ1n) is 7.07. The quantitative estimate of drug-likeness (QED) is 0.477. The van der Waals surface area contributed by atoms with E-state index >= 15 is 0 Å². The van der Waals surface area contributed by atoms with Crippen molar-refractivity contribution in [3.8, 4) is 0 Å². The molecule has 0 heterocycles. The maximum atomic E-state index is 12.3. The molecule has 9 heteroatoms. The Bertz CT molecular complexity index is 918. The number of carbonyl (C=O) groups excluding carboxylic acids is 2. The second-order valence-corrected chi connectivity index (χ2v) is 7.18. The molecule has 0 fully saturated rings. The second kappa shape index (κ2) is 7.22. The average Bonchev–Trinajstić information content (AvgIpc) is 2.54. The minimum atomic E-state index is -3.92. The van der Waals surface area contributed by atoms with Crippen LogP contribution < -0.4 is 5.32 Å². The number of non-ortho nitro benzene ring substituents is 1. The van der Waals surface area contributed by atoms with Gasteiger partial charge in [-0.1, -0.05) is 0 Å². The molecule has 2 aromatic carbocycles. The largest absolute Gasteiger partial charge is 0.326 e. The molecular weight excluding hydrogens is 348 g/mol. The molecule has 8 nitrogen and oxygen atoms in total. The third kappa shape index (κ3) is 4.70. The maximum absolute atomic E-state index is 12.3. The number of carbonyl (C=O) groups is 2. The molecular formula is C16H14N2O6S. The maximum Gasteiger partial charge on any atom is 0.269 e. The summed E-state index contributed by atoms with van der Waals surface area (Å²) in [5.41, 5.74) is 0.431. The number of hydrogen-bond donors (Lipinski definition) is 1. The number of rotatable bonds is 6. The van der Waals surface area contributed by atoms with Crippen LogP contribution >= 0.6 is 0 Å². The third-order valence-electron chi connectivity index (χ3n) is 3.26. The van der Waals surface area contributed by atoms with E-state index < -0.39 is 26.3 Å². The van der Waals surface area contributed by atoms with Gasteiger partial charge < -0.3 is 5.32 Å². The first-order valence-corrected chi connectivity index (χ1v) is 8.72. The van der Waals surface area contributed by atoms with E-state index in [0.29, 0.717) is 5.69 Å². The van der Waals surface area contributed by atoms with E-state index in [2.05, 4.69) is 5.32 Å². The number of nitro groups is 1. The van der Waals surface area contributed by atoms with Gasteiger partial charge in [-0.05, 0) is 36.4 Å². The van der Waals surface area contributed by atoms with Crippen molar-refractivity contribution in [3.05, 3.63) is 64.2 Å². The standard InChI is InChI=1S/C16H14N2O6S/c1-11(19)17-13-4-2-12(3-5-13)16(20)10-25(23,24)15-8-6-14(7-9-15)18(21)22/h2-9H,10H2,1H3,(H,17,19). The molecule has 130 valence electrons. The highest BCUT2D eigenvalue weighted by Crippen LogP contribution is 2.18. The van der Waals surface area contributed by atoms with Crippen LogP contribution in [0.1, 0.15) is 17.3 Å². The van der Waals surface area contributed by atoms with Gasteiger partial charge in [0.25, 0.3) is 5.69 Å². The van der Waals surface area contributed by atoms with Crippen molar-refractivity contribution in [2.75, 3.05) is 11.1 Å². The molecule has 25 heavy (non-hydrogen) atoms. The van der Waals surface area contributed by atoms with E-state index in [1.54, 1.807) is 0 Å². The highest BCUT2D eigenvalue weighted by molar-refractivity contribution is 7.92. The molecule has 0 aliphatic heterocycles. The lowest BCUT2D eigenvalue weighted by Gasteiger charge is -2.06. The van der Waals surface area contributed by atoms with Crippen LogP contribution in [0, 0.1) is 10.1 Å². The molecule has 0 unspecified atom stereocenters. The van der Waals surface area contributed by atoms with Gasteiger partial charge >= 0.3 is 0 Å². The Hall–Kier alpha value is -3.07. The van der Waals surface area contributed by atoms with Gasteiger partial charge in [-0.25, -0.2) is 8.42 Å². The fourth-order valence-electron chi connectivity index (χ4n) is 2.06. The molecule has 0 saturated carbocycles. The van der Waals surface area contributed by atoms with Crippen LogP contribution in [0.4, 0.5) is 11.4 Å². The average molecular weight is 362 g/mol. The zero-order valence-electron chi connectivity index (χ0n) is 13.1. The molecule has 1 amide bonds. The third-order valence-corrected chi connectivity index (χ3v) is 4.89. The van der Waals surface area contributed by atoms with Crippen molar-refractivity contribution in [2.24, 2.45) is 0 Å². The summed E-state index contributed by atoms with van der Waals surface area (Å²) in [5, 5.41) is 13.1. The van der Waals surface area contributed by atoms with Crippen molar-refractivity contribution in [1.29, 1.82) is 0 Å². The van der Waals surface area contributed by atoms with E-state index in [1.807, 2.05) is 0 Å². The van der Waals surface area contributed by atoms with Gasteiger partial charge in [-0.15, -0.1) is 0 Å². The Morgan fingerprint density at radius 1 is 1.04 bits per heavy atom. The van der Waals surface area contributed by atoms with Crippen LogP contribution in [0.5, 0.6) is 0 Å². The summed E-state index contributed by atoms with van der Waals surface area (Å²) in [6.07, 6.45) is 0. The number of anilines is 1. The number of nitrogens with zero attached hydrogens (tertiary/aromatic N) is 1. The van der Waals surface area contributed by atoms with Gasteiger partial charge in [0.15, 0.2) is 15.6 Å². The van der Waals surface area contributed by atoms with Crippen LogP contribution in [0.15, 0.2) is 53.4 Å². The lowest BCUT2D eigenvalue weighted by atomic mass is 10.1. The molecule has 1 N–H and O–H groups in total. The van der Waals surface area contributed by atoms with Gasteiger partial charge in [0.2, 0.25) is 5.91 Å². The van der Waals surface area contributed by atoms with Gasteiger partial charge in [-0.3, -0.25) is 19.7 Å². The summed E-state index contributed by atoms with van der Waals surface area (Å²) < 4.78 is 24.5. The van der Waals surface area contributed by atoms with Crippen LogP contribution in [0.25, 0.3) is 0 Å². The van der Waals surface area contributed by atoms with Crippen molar-refractivity contribution < 1.29 is 22.9 Å². The number of benzene rings is 2. The smallest absolute Gasteiger partial charge is 0.269 e. The molecule has 0 radical (unpaired) electrons. The summed E-state index contributed by atoms with van der Waals surface area (Å²) in [6.45, 7) is 1.34. The van der Waals surface area contributed by atoms with Crippen molar-refractivity contribution in [3.63, 3.8) is 0 Å². The van der Waals surface area contributed by atoms with Crippen LogP contribution in [-0.2, 0) is 14.6 Å². The van der Waals surface area contributed by atoms with E-state index in [1.165, 1.54) is 31.2 Å². The fourth-order valence-corrected chi connectivity index (χ4v) is 3.29. The van der Waals surface area contributed by atoms with Gasteiger partial charge in [0.1, 0.15) is 5.75 Å². The Balaban J connectivity index is 2.15. The van der Waals surface area contributed by atoms with E-state index in [-0.39, 0.29) is 22.1 Å². The topological polar surface area (TPSA) is 123 Å². The van der Waals surface area contributed by atoms with Crippen molar-refractivity contribution in [2.45, 2.75) is 11.8 Å². The molecule has 0 aliphatic rings. The highest BCUT2D eigenvalue weighted by Gasteiger charge is 2.21. The van der Waals surface area contributed by atoms with Gasteiger partial charge in [0.05, 0.1) is 9.82 Å². The zero-order valence-corrected chi connectivity index (χ0v) is 13.9. The monoisotopic (exact) mass is 362 g/mol. The van der Waals surface area contributed by atoms with Crippen molar-refractivity contribution >= 4 is 32.9 Å². The predicted octanol–water partition coefficient (Wildman–Crippen LogP) is 2.21. The number of sulfone groups is 1. The number of ketones is 1. The van der Waals surface area contributed by atoms with Gasteiger partial charge in [0, 0.05) is 30.3 Å². The summed E-state index contributed by atoms with van der Waals surface area (Å²) in [5.74, 6) is -1.64. The number of nitrogens with one attached hydrogen (secondary N) is 1. The minimum Gasteiger partial charge on any atom is -0.326 e. The molecule has 0 saturated heterocycles. The SMILES string of the molecule is CC(=O)Nc1ccc(C(=O)CS(=O)(=O)c2ccc([N+](=O)[O-])cc2)cc1. The summed E-state index contributed by atoms with van der Waals surface area (Å²) in [7, 11) is -3.92. The first-order chi connectivity index (χ1) is 11.7. The van der Waals surface area contributed by atoms with E-state index in [9.17, 15) is 28.1 Å². The Labute approximate surface area is 143 Å². The number of nitro benzene ring substituents is 1. The normalized spacial score (nSPS) is 10.9. The number of amides is 1. The second-order valence-electron chi connectivity index (χ2n) is 5.19. The molecule has 0 spiro atoms. The Morgan fingerprint density at radius 2 is 1.60 bits per heavy atom. The molecule has 0 atom stereocenters. The Kier molecular flexibility index (Phi) is 5.28. The minimum absolute atomic E-state index is 0.165. The van der Waals surface area contributed by atoms with Crippen LogP contribution in [-0.4, -0.2) is 30.8 Å². The fraction of sp³-hybridized carbons (Fsp3) is 0.125. The zero-order chi connectivity index (χ0) is 18.6. The highest BCUT2D eigenvalue weighted by atomic mass is 32.2. The van der Waals surface area contributed by atoms with Crippen molar-refractivity contribution in [1.82, 2.24) is 0 Å². The Morgan fingerprint density at radius 3 is 2.08 bits per heavy atom. The van der Waals surface area contributed by atoms with Crippen LogP contribution in [0.3, 0.4) is 0 Å². The molecule has 2 rings (SSSR count). The first kappa shape index (κ1) is 18.3. The molecule has 0 aliphatic carbocycles. The molecule has 0 bridgehead atoms. The summed E-state index contributed by atoms with van der Waals surface area (Å²) in [6, 6.07) is 10.2. The molecule has 2 aromatic rings. The van der Waals surface area contributed by atoms with E-state index in [0.717, 1.165) is 24.3 Å². The summed E-state index contributed by atoms with van der Waals surface area (Å²) in [4.78, 5) is 32.9. The lowest BCUT2D eigenvalue weighted by Crippen LogP contribution is -2.16. The molecule has 0 aromatic heterocycles. The summed E-state index contributed by atoms with van der Waals surface area (Å²) >= 11 is 0.